The molecule has 0 aromatic heterocycles. The minimum atomic E-state index is -3.26. The second-order valence-electron chi connectivity index (χ2n) is 4.63. The van der Waals surface area contributed by atoms with Crippen LogP contribution < -0.4 is 4.74 Å². The van der Waals surface area contributed by atoms with Gasteiger partial charge in [0.1, 0.15) is 12.4 Å². The Bertz CT molecular complexity index is 542. The molecular weight excluding hydrogens is 266 g/mol. The van der Waals surface area contributed by atoms with Gasteiger partial charge < -0.3 is 9.47 Å². The van der Waals surface area contributed by atoms with Crippen molar-refractivity contribution in [1.82, 2.24) is 4.31 Å². The first-order chi connectivity index (χ1) is 8.99. The van der Waals surface area contributed by atoms with E-state index in [1.54, 1.807) is 0 Å². The SMILES string of the molecule is Cc1ccc(OCCN2CCOCS2(=O)=O)cc1C. The summed E-state index contributed by atoms with van der Waals surface area (Å²) in [6.45, 7) is 5.62. The molecule has 1 aliphatic heterocycles. The van der Waals surface area contributed by atoms with Gasteiger partial charge in [-0.25, -0.2) is 8.42 Å². The Morgan fingerprint density at radius 3 is 2.79 bits per heavy atom. The molecule has 19 heavy (non-hydrogen) atoms. The summed E-state index contributed by atoms with van der Waals surface area (Å²) in [6.07, 6.45) is 0. The lowest BCUT2D eigenvalue weighted by Crippen LogP contribution is -2.43. The third-order valence-electron chi connectivity index (χ3n) is 3.20. The second-order valence-corrected chi connectivity index (χ2v) is 6.55. The molecule has 0 saturated carbocycles. The Kier molecular flexibility index (Phi) is 4.44. The molecule has 1 aliphatic rings. The lowest BCUT2D eigenvalue weighted by Gasteiger charge is -2.26. The summed E-state index contributed by atoms with van der Waals surface area (Å²) in [5.41, 5.74) is 2.37. The molecule has 106 valence electrons. The minimum absolute atomic E-state index is 0.226. The van der Waals surface area contributed by atoms with Gasteiger partial charge in [-0.2, -0.15) is 4.31 Å². The van der Waals surface area contributed by atoms with Gasteiger partial charge in [0.2, 0.25) is 10.0 Å². The van der Waals surface area contributed by atoms with Crippen LogP contribution in [0, 0.1) is 13.8 Å². The monoisotopic (exact) mass is 285 g/mol. The standard InChI is InChI=1S/C13H19NO4S/c1-11-3-4-13(9-12(11)2)18-8-6-14-5-7-17-10-19(14,15)16/h3-4,9H,5-8,10H2,1-2H3. The van der Waals surface area contributed by atoms with Crippen molar-refractivity contribution in [2.45, 2.75) is 13.8 Å². The average molecular weight is 285 g/mol. The molecule has 1 aromatic carbocycles. The molecule has 1 aromatic rings. The third kappa shape index (κ3) is 3.68. The molecule has 5 nitrogen and oxygen atoms in total. The van der Waals surface area contributed by atoms with Gasteiger partial charge in [0.25, 0.3) is 0 Å². The fourth-order valence-electron chi connectivity index (χ4n) is 1.86. The van der Waals surface area contributed by atoms with Crippen LogP contribution in [-0.4, -0.2) is 45.0 Å². The van der Waals surface area contributed by atoms with Crippen molar-refractivity contribution in [2.24, 2.45) is 0 Å². The Morgan fingerprint density at radius 1 is 1.32 bits per heavy atom. The maximum Gasteiger partial charge on any atom is 0.238 e. The largest absolute Gasteiger partial charge is 0.492 e. The molecule has 1 saturated heterocycles. The Balaban J connectivity index is 1.87. The molecule has 0 aliphatic carbocycles. The van der Waals surface area contributed by atoms with E-state index in [2.05, 4.69) is 0 Å². The van der Waals surface area contributed by atoms with Gasteiger partial charge in [-0.1, -0.05) is 6.07 Å². The van der Waals surface area contributed by atoms with Crippen LogP contribution in [0.1, 0.15) is 11.1 Å². The molecule has 1 fully saturated rings. The van der Waals surface area contributed by atoms with E-state index in [1.807, 2.05) is 32.0 Å². The molecule has 0 amide bonds. The predicted molar refractivity (Wildman–Crippen MR) is 72.7 cm³/mol. The van der Waals surface area contributed by atoms with Gasteiger partial charge in [0, 0.05) is 13.1 Å². The maximum atomic E-state index is 11.7. The summed E-state index contributed by atoms with van der Waals surface area (Å²) in [6, 6.07) is 5.86. The van der Waals surface area contributed by atoms with Crippen LogP contribution in [0.15, 0.2) is 18.2 Å². The minimum Gasteiger partial charge on any atom is -0.492 e. The van der Waals surface area contributed by atoms with Gasteiger partial charge in [0.15, 0.2) is 5.94 Å². The van der Waals surface area contributed by atoms with Crippen LogP contribution in [0.3, 0.4) is 0 Å². The molecule has 0 bridgehead atoms. The van der Waals surface area contributed by atoms with Crippen LogP contribution in [0.4, 0.5) is 0 Å². The zero-order valence-corrected chi connectivity index (χ0v) is 12.1. The quantitative estimate of drug-likeness (QED) is 0.837. The van der Waals surface area contributed by atoms with E-state index in [-0.39, 0.29) is 5.94 Å². The number of hydrogen-bond acceptors (Lipinski definition) is 4. The summed E-state index contributed by atoms with van der Waals surface area (Å²) in [5.74, 6) is 0.546. The fourth-order valence-corrected chi connectivity index (χ4v) is 3.05. The van der Waals surface area contributed by atoms with Gasteiger partial charge in [-0.15, -0.1) is 0 Å². The Labute approximate surface area is 114 Å². The van der Waals surface area contributed by atoms with Crippen molar-refractivity contribution in [3.8, 4) is 5.75 Å². The summed E-state index contributed by atoms with van der Waals surface area (Å²) in [7, 11) is -3.26. The highest BCUT2D eigenvalue weighted by molar-refractivity contribution is 7.88. The highest BCUT2D eigenvalue weighted by Crippen LogP contribution is 2.16. The van der Waals surface area contributed by atoms with E-state index in [4.69, 9.17) is 9.47 Å². The van der Waals surface area contributed by atoms with Gasteiger partial charge in [-0.3, -0.25) is 0 Å². The molecule has 0 spiro atoms. The first-order valence-corrected chi connectivity index (χ1v) is 7.85. The fraction of sp³-hybridized carbons (Fsp3) is 0.538. The van der Waals surface area contributed by atoms with Gasteiger partial charge >= 0.3 is 0 Å². The van der Waals surface area contributed by atoms with E-state index in [1.165, 1.54) is 9.87 Å². The summed E-state index contributed by atoms with van der Waals surface area (Å²) < 4.78 is 35.3. The zero-order chi connectivity index (χ0) is 13.9. The molecule has 2 rings (SSSR count). The lowest BCUT2D eigenvalue weighted by atomic mass is 10.1. The topological polar surface area (TPSA) is 55.8 Å². The van der Waals surface area contributed by atoms with E-state index in [0.717, 1.165) is 11.3 Å². The van der Waals surface area contributed by atoms with Gasteiger partial charge in [0.05, 0.1) is 6.61 Å². The number of rotatable bonds is 4. The van der Waals surface area contributed by atoms with Crippen LogP contribution in [0.2, 0.25) is 0 Å². The van der Waals surface area contributed by atoms with Crippen molar-refractivity contribution in [1.29, 1.82) is 0 Å². The summed E-state index contributed by atoms with van der Waals surface area (Å²) in [4.78, 5) is 0. The van der Waals surface area contributed by atoms with E-state index >= 15 is 0 Å². The first-order valence-electron chi connectivity index (χ1n) is 6.25. The van der Waals surface area contributed by atoms with Crippen LogP contribution in [-0.2, 0) is 14.8 Å². The number of aryl methyl sites for hydroxylation is 2. The molecular formula is C13H19NO4S. The molecule has 0 unspecified atom stereocenters. The van der Waals surface area contributed by atoms with Crippen LogP contribution in [0.5, 0.6) is 5.75 Å². The van der Waals surface area contributed by atoms with Crippen molar-refractivity contribution < 1.29 is 17.9 Å². The molecule has 6 heteroatoms. The van der Waals surface area contributed by atoms with Crippen molar-refractivity contribution in [3.63, 3.8) is 0 Å². The van der Waals surface area contributed by atoms with Crippen molar-refractivity contribution >= 4 is 10.0 Å². The molecule has 1 heterocycles. The van der Waals surface area contributed by atoms with Gasteiger partial charge in [-0.05, 0) is 37.1 Å². The Morgan fingerprint density at radius 2 is 2.11 bits per heavy atom. The highest BCUT2D eigenvalue weighted by Gasteiger charge is 2.25. The van der Waals surface area contributed by atoms with E-state index < -0.39 is 10.0 Å². The molecule has 0 radical (unpaired) electrons. The first kappa shape index (κ1) is 14.3. The van der Waals surface area contributed by atoms with Crippen molar-refractivity contribution in [2.75, 3.05) is 32.2 Å². The average Bonchev–Trinajstić information content (AvgIpc) is 2.35. The molecule has 0 N–H and O–H groups in total. The lowest BCUT2D eigenvalue weighted by molar-refractivity contribution is 0.126. The second kappa shape index (κ2) is 5.90. The van der Waals surface area contributed by atoms with Crippen molar-refractivity contribution in [3.05, 3.63) is 29.3 Å². The number of ether oxygens (including phenoxy) is 2. The predicted octanol–water partition coefficient (Wildman–Crippen LogP) is 1.30. The van der Waals surface area contributed by atoms with E-state index in [9.17, 15) is 8.42 Å². The number of nitrogens with zero attached hydrogens (tertiary/aromatic N) is 1. The normalized spacial score (nSPS) is 19.3. The number of sulfonamides is 1. The Hall–Kier alpha value is -1.11. The third-order valence-corrected chi connectivity index (χ3v) is 4.81. The zero-order valence-electron chi connectivity index (χ0n) is 11.3. The molecule has 0 atom stereocenters. The number of hydrogen-bond donors (Lipinski definition) is 0. The smallest absolute Gasteiger partial charge is 0.238 e. The van der Waals surface area contributed by atoms with Crippen LogP contribution >= 0.6 is 0 Å². The maximum absolute atomic E-state index is 11.7. The van der Waals surface area contributed by atoms with Crippen LogP contribution in [0.25, 0.3) is 0 Å². The summed E-state index contributed by atoms with van der Waals surface area (Å²) in [5, 5.41) is 0. The number of benzene rings is 1. The van der Waals surface area contributed by atoms with E-state index in [0.29, 0.717) is 26.3 Å². The highest BCUT2D eigenvalue weighted by atomic mass is 32.2. The summed E-state index contributed by atoms with van der Waals surface area (Å²) >= 11 is 0.